The van der Waals surface area contributed by atoms with E-state index in [4.69, 9.17) is 0 Å². The highest BCUT2D eigenvalue weighted by Gasteiger charge is 2.19. The molecule has 0 amide bonds. The van der Waals surface area contributed by atoms with Crippen LogP contribution in [0.1, 0.15) is 24.0 Å². The second-order valence-corrected chi connectivity index (χ2v) is 4.48. The Kier molecular flexibility index (Phi) is 3.91. The molecular weight excluding hydrogens is 203 g/mol. The number of nitrogens with one attached hydrogen (secondary N) is 2. The molecule has 1 fully saturated rings. The van der Waals surface area contributed by atoms with Crippen molar-refractivity contribution in [1.29, 1.82) is 0 Å². The average molecular weight is 222 g/mol. The number of rotatable bonds is 6. The highest BCUT2D eigenvalue weighted by molar-refractivity contribution is 5.26. The van der Waals surface area contributed by atoms with E-state index in [1.165, 1.54) is 18.9 Å². The van der Waals surface area contributed by atoms with Crippen LogP contribution in [0, 0.1) is 12.7 Å². The van der Waals surface area contributed by atoms with Gasteiger partial charge in [0.15, 0.2) is 0 Å². The number of halogens is 1. The minimum atomic E-state index is -0.154. The summed E-state index contributed by atoms with van der Waals surface area (Å²) in [7, 11) is 0. The third kappa shape index (κ3) is 3.58. The lowest BCUT2D eigenvalue weighted by molar-refractivity contribution is 0.599. The molecule has 2 nitrogen and oxygen atoms in total. The van der Waals surface area contributed by atoms with Gasteiger partial charge in [-0.05, 0) is 43.0 Å². The van der Waals surface area contributed by atoms with E-state index in [1.807, 2.05) is 13.0 Å². The van der Waals surface area contributed by atoms with Gasteiger partial charge in [0.2, 0.25) is 0 Å². The smallest absolute Gasteiger partial charge is 0.123 e. The molecule has 0 atom stereocenters. The molecule has 1 aromatic rings. The molecule has 2 N–H and O–H groups in total. The third-order valence-corrected chi connectivity index (χ3v) is 2.94. The summed E-state index contributed by atoms with van der Waals surface area (Å²) in [5.74, 6) is -0.154. The molecule has 0 radical (unpaired) electrons. The Labute approximate surface area is 96.2 Å². The predicted molar refractivity (Wildman–Crippen MR) is 63.9 cm³/mol. The van der Waals surface area contributed by atoms with E-state index in [0.717, 1.165) is 36.8 Å². The first kappa shape index (κ1) is 11.6. The first-order chi connectivity index (χ1) is 7.75. The largest absolute Gasteiger partial charge is 0.313 e. The van der Waals surface area contributed by atoms with Crippen LogP contribution in [0.2, 0.25) is 0 Å². The molecule has 3 heteroatoms. The van der Waals surface area contributed by atoms with Crippen LogP contribution in [0.25, 0.3) is 0 Å². The van der Waals surface area contributed by atoms with Crippen LogP contribution >= 0.6 is 0 Å². The fraction of sp³-hybridized carbons (Fsp3) is 0.538. The lowest BCUT2D eigenvalue weighted by Gasteiger charge is -2.08. The Morgan fingerprint density at radius 1 is 1.31 bits per heavy atom. The van der Waals surface area contributed by atoms with Gasteiger partial charge in [-0.3, -0.25) is 0 Å². The minimum Gasteiger partial charge on any atom is -0.313 e. The third-order valence-electron chi connectivity index (χ3n) is 2.94. The maximum Gasteiger partial charge on any atom is 0.123 e. The van der Waals surface area contributed by atoms with Crippen LogP contribution in [0.3, 0.4) is 0 Å². The molecule has 0 spiro atoms. The minimum absolute atomic E-state index is 0.154. The Bertz CT molecular complexity index is 348. The molecule has 0 aliphatic heterocycles. The molecule has 16 heavy (non-hydrogen) atoms. The van der Waals surface area contributed by atoms with Crippen LogP contribution in [0.5, 0.6) is 0 Å². The fourth-order valence-corrected chi connectivity index (χ4v) is 1.71. The Hall–Kier alpha value is -0.930. The van der Waals surface area contributed by atoms with Gasteiger partial charge in [0.25, 0.3) is 0 Å². The molecule has 1 aliphatic rings. The molecule has 0 heterocycles. The van der Waals surface area contributed by atoms with Gasteiger partial charge in [0, 0.05) is 25.7 Å². The van der Waals surface area contributed by atoms with Gasteiger partial charge in [0.05, 0.1) is 0 Å². The summed E-state index contributed by atoms with van der Waals surface area (Å²) >= 11 is 0. The number of hydrogen-bond acceptors (Lipinski definition) is 2. The maximum atomic E-state index is 13.0. The van der Waals surface area contributed by atoms with Gasteiger partial charge in [-0.1, -0.05) is 6.07 Å². The predicted octanol–water partition coefficient (Wildman–Crippen LogP) is 1.98. The SMILES string of the molecule is Cc1ccc(F)cc1CNCCNC1CC1. The van der Waals surface area contributed by atoms with Crippen molar-refractivity contribution in [1.82, 2.24) is 10.6 Å². The zero-order chi connectivity index (χ0) is 11.4. The summed E-state index contributed by atoms with van der Waals surface area (Å²) in [4.78, 5) is 0. The number of hydrogen-bond donors (Lipinski definition) is 2. The second kappa shape index (κ2) is 5.41. The standard InChI is InChI=1S/C13H19FN2/c1-10-2-3-12(14)8-11(10)9-15-6-7-16-13-4-5-13/h2-3,8,13,15-16H,4-7,9H2,1H3. The first-order valence-electron chi connectivity index (χ1n) is 5.95. The van der Waals surface area contributed by atoms with Crippen molar-refractivity contribution in [2.24, 2.45) is 0 Å². The molecule has 0 aromatic heterocycles. The van der Waals surface area contributed by atoms with Gasteiger partial charge in [-0.2, -0.15) is 0 Å². The van der Waals surface area contributed by atoms with E-state index < -0.39 is 0 Å². The van der Waals surface area contributed by atoms with Crippen LogP contribution in [-0.2, 0) is 6.54 Å². The van der Waals surface area contributed by atoms with Crippen molar-refractivity contribution in [2.45, 2.75) is 32.4 Å². The zero-order valence-electron chi connectivity index (χ0n) is 9.72. The van der Waals surface area contributed by atoms with Crippen LogP contribution < -0.4 is 10.6 Å². The molecule has 88 valence electrons. The molecule has 1 aliphatic carbocycles. The molecule has 2 rings (SSSR count). The van der Waals surface area contributed by atoms with E-state index in [9.17, 15) is 4.39 Å². The van der Waals surface area contributed by atoms with E-state index in [2.05, 4.69) is 10.6 Å². The molecule has 1 aromatic carbocycles. The number of benzene rings is 1. The monoisotopic (exact) mass is 222 g/mol. The lowest BCUT2D eigenvalue weighted by atomic mass is 10.1. The van der Waals surface area contributed by atoms with Crippen LogP contribution in [-0.4, -0.2) is 19.1 Å². The first-order valence-corrected chi connectivity index (χ1v) is 5.95. The normalized spacial score (nSPS) is 15.4. The molecule has 0 bridgehead atoms. The van der Waals surface area contributed by atoms with E-state index in [0.29, 0.717) is 0 Å². The Morgan fingerprint density at radius 2 is 2.12 bits per heavy atom. The van der Waals surface area contributed by atoms with Gasteiger partial charge >= 0.3 is 0 Å². The summed E-state index contributed by atoms with van der Waals surface area (Å²) in [6.07, 6.45) is 2.64. The summed E-state index contributed by atoms with van der Waals surface area (Å²) in [5, 5.41) is 6.76. The van der Waals surface area contributed by atoms with Gasteiger partial charge < -0.3 is 10.6 Å². The van der Waals surface area contributed by atoms with Crippen molar-refractivity contribution in [3.63, 3.8) is 0 Å². The lowest BCUT2D eigenvalue weighted by Crippen LogP contribution is -2.28. The van der Waals surface area contributed by atoms with Gasteiger partial charge in [-0.15, -0.1) is 0 Å². The highest BCUT2D eigenvalue weighted by Crippen LogP contribution is 2.17. The van der Waals surface area contributed by atoms with Gasteiger partial charge in [-0.25, -0.2) is 4.39 Å². The highest BCUT2D eigenvalue weighted by atomic mass is 19.1. The Morgan fingerprint density at radius 3 is 2.88 bits per heavy atom. The van der Waals surface area contributed by atoms with Crippen molar-refractivity contribution in [2.75, 3.05) is 13.1 Å². The van der Waals surface area contributed by atoms with Crippen molar-refractivity contribution in [3.05, 3.63) is 35.1 Å². The molecule has 0 saturated heterocycles. The van der Waals surface area contributed by atoms with Crippen molar-refractivity contribution in [3.8, 4) is 0 Å². The topological polar surface area (TPSA) is 24.1 Å². The van der Waals surface area contributed by atoms with E-state index in [1.54, 1.807) is 6.07 Å². The fourth-order valence-electron chi connectivity index (χ4n) is 1.71. The molecule has 0 unspecified atom stereocenters. The summed E-state index contributed by atoms with van der Waals surface area (Å²) in [6, 6.07) is 5.71. The van der Waals surface area contributed by atoms with Gasteiger partial charge in [0.1, 0.15) is 5.82 Å². The number of aryl methyl sites for hydroxylation is 1. The Balaban J connectivity index is 1.69. The van der Waals surface area contributed by atoms with Crippen LogP contribution in [0.4, 0.5) is 4.39 Å². The van der Waals surface area contributed by atoms with E-state index >= 15 is 0 Å². The zero-order valence-corrected chi connectivity index (χ0v) is 9.72. The van der Waals surface area contributed by atoms with Crippen molar-refractivity contribution >= 4 is 0 Å². The second-order valence-electron chi connectivity index (χ2n) is 4.48. The molecule has 1 saturated carbocycles. The average Bonchev–Trinajstić information content (AvgIpc) is 3.06. The molecular formula is C13H19FN2. The maximum absolute atomic E-state index is 13.0. The van der Waals surface area contributed by atoms with E-state index in [-0.39, 0.29) is 5.82 Å². The summed E-state index contributed by atoms with van der Waals surface area (Å²) in [6.45, 7) is 4.69. The van der Waals surface area contributed by atoms with Crippen LogP contribution in [0.15, 0.2) is 18.2 Å². The summed E-state index contributed by atoms with van der Waals surface area (Å²) in [5.41, 5.74) is 2.19. The van der Waals surface area contributed by atoms with Crippen molar-refractivity contribution < 1.29 is 4.39 Å². The quantitative estimate of drug-likeness (QED) is 0.719. The summed E-state index contributed by atoms with van der Waals surface area (Å²) < 4.78 is 13.0.